The van der Waals surface area contributed by atoms with Gasteiger partial charge < -0.3 is 10.6 Å². The van der Waals surface area contributed by atoms with Gasteiger partial charge in [0.25, 0.3) is 11.8 Å². The van der Waals surface area contributed by atoms with Gasteiger partial charge in [-0.25, -0.2) is 0 Å². The van der Waals surface area contributed by atoms with Crippen LogP contribution in [0.3, 0.4) is 0 Å². The molecule has 150 valence electrons. The predicted octanol–water partition coefficient (Wildman–Crippen LogP) is 3.98. The van der Waals surface area contributed by atoms with Crippen molar-refractivity contribution < 1.29 is 9.59 Å². The van der Waals surface area contributed by atoms with E-state index in [0.717, 1.165) is 22.3 Å². The summed E-state index contributed by atoms with van der Waals surface area (Å²) < 4.78 is 0. The maximum absolute atomic E-state index is 12.4. The number of hydrogen-bond donors (Lipinski definition) is 2. The first-order chi connectivity index (χ1) is 13.5. The second-order valence-electron chi connectivity index (χ2n) is 6.77. The number of hydrogen-bond acceptors (Lipinski definition) is 3. The molecule has 3 rings (SSSR count). The molecule has 2 aromatic carbocycles. The average molecular weight is 410 g/mol. The molecule has 0 atom stereocenters. The fraction of sp³-hybridized carbons (Fsp3) is 0.174. The highest BCUT2D eigenvalue weighted by Crippen LogP contribution is 2.07. The summed E-state index contributed by atoms with van der Waals surface area (Å²) in [5.41, 5.74) is 4.94. The maximum atomic E-state index is 12.4. The Kier molecular flexibility index (Phi) is 7.92. The molecule has 1 heterocycles. The topological polar surface area (TPSA) is 71.1 Å². The summed E-state index contributed by atoms with van der Waals surface area (Å²) in [4.78, 5) is 28.9. The highest BCUT2D eigenvalue weighted by atomic mass is 35.5. The summed E-state index contributed by atoms with van der Waals surface area (Å²) in [6, 6.07) is 19.0. The number of amides is 2. The van der Waals surface area contributed by atoms with E-state index >= 15 is 0 Å². The van der Waals surface area contributed by atoms with E-state index in [2.05, 4.69) is 15.6 Å². The number of benzene rings is 2. The van der Waals surface area contributed by atoms with Crippen LogP contribution < -0.4 is 10.6 Å². The second kappa shape index (κ2) is 10.4. The standard InChI is InChI=1S/C23H23N3O2.ClH/c1-16-5-3-7-18(11-16)14-25-22(27)20-9-10-24-21(13-20)23(28)26-15-19-8-4-6-17(2)12-19;/h3-13H,14-15H2,1-2H3,(H,25,27)(H,26,28);1H. The third kappa shape index (κ3) is 6.43. The van der Waals surface area contributed by atoms with Crippen LogP contribution in [0.1, 0.15) is 43.1 Å². The largest absolute Gasteiger partial charge is 0.348 e. The van der Waals surface area contributed by atoms with E-state index in [0.29, 0.717) is 18.7 Å². The Morgan fingerprint density at radius 1 is 0.793 bits per heavy atom. The van der Waals surface area contributed by atoms with Crippen molar-refractivity contribution in [3.63, 3.8) is 0 Å². The Balaban J connectivity index is 0.00000300. The van der Waals surface area contributed by atoms with Gasteiger partial charge in [-0.3, -0.25) is 14.6 Å². The fourth-order valence-electron chi connectivity index (χ4n) is 2.90. The van der Waals surface area contributed by atoms with Crippen molar-refractivity contribution in [2.45, 2.75) is 26.9 Å². The van der Waals surface area contributed by atoms with E-state index in [1.54, 1.807) is 6.07 Å². The molecule has 0 bridgehead atoms. The molecule has 0 spiro atoms. The van der Waals surface area contributed by atoms with Crippen LogP contribution in [0.2, 0.25) is 0 Å². The zero-order valence-electron chi connectivity index (χ0n) is 16.4. The molecule has 0 aliphatic carbocycles. The number of aromatic nitrogens is 1. The summed E-state index contributed by atoms with van der Waals surface area (Å²) in [6.45, 7) is 4.85. The highest BCUT2D eigenvalue weighted by Gasteiger charge is 2.12. The van der Waals surface area contributed by atoms with E-state index in [9.17, 15) is 9.59 Å². The summed E-state index contributed by atoms with van der Waals surface area (Å²) in [6.07, 6.45) is 1.48. The average Bonchev–Trinajstić information content (AvgIpc) is 2.70. The highest BCUT2D eigenvalue weighted by molar-refractivity contribution is 5.98. The van der Waals surface area contributed by atoms with Gasteiger partial charge in [0.05, 0.1) is 0 Å². The van der Waals surface area contributed by atoms with Gasteiger partial charge in [0.1, 0.15) is 5.69 Å². The Hall–Kier alpha value is -3.18. The van der Waals surface area contributed by atoms with Gasteiger partial charge in [0.15, 0.2) is 0 Å². The smallest absolute Gasteiger partial charge is 0.270 e. The van der Waals surface area contributed by atoms with Crippen LogP contribution >= 0.6 is 12.4 Å². The predicted molar refractivity (Wildman–Crippen MR) is 116 cm³/mol. The van der Waals surface area contributed by atoms with E-state index in [-0.39, 0.29) is 29.9 Å². The number of halogens is 1. The molecule has 3 aromatic rings. The van der Waals surface area contributed by atoms with Crippen molar-refractivity contribution in [1.29, 1.82) is 0 Å². The van der Waals surface area contributed by atoms with Crippen LogP contribution in [-0.4, -0.2) is 16.8 Å². The zero-order valence-corrected chi connectivity index (χ0v) is 17.3. The Morgan fingerprint density at radius 3 is 1.90 bits per heavy atom. The molecule has 5 nitrogen and oxygen atoms in total. The van der Waals surface area contributed by atoms with Crippen molar-refractivity contribution in [3.05, 3.63) is 100 Å². The summed E-state index contributed by atoms with van der Waals surface area (Å²) in [5.74, 6) is -0.550. The van der Waals surface area contributed by atoms with E-state index in [4.69, 9.17) is 0 Å². The molecule has 0 aliphatic rings. The Morgan fingerprint density at radius 2 is 1.34 bits per heavy atom. The van der Waals surface area contributed by atoms with E-state index < -0.39 is 0 Å². The molecule has 2 N–H and O–H groups in total. The minimum Gasteiger partial charge on any atom is -0.348 e. The molecule has 6 heteroatoms. The molecule has 0 unspecified atom stereocenters. The number of carbonyl (C=O) groups excluding carboxylic acids is 2. The molecular weight excluding hydrogens is 386 g/mol. The van der Waals surface area contributed by atoms with Gasteiger partial charge in [-0.05, 0) is 37.1 Å². The molecule has 2 amide bonds. The van der Waals surface area contributed by atoms with Crippen molar-refractivity contribution in [2.24, 2.45) is 0 Å². The second-order valence-corrected chi connectivity index (χ2v) is 6.77. The third-order valence-electron chi connectivity index (χ3n) is 4.33. The van der Waals surface area contributed by atoms with Gasteiger partial charge in [0, 0.05) is 24.8 Å². The van der Waals surface area contributed by atoms with Crippen LogP contribution in [0.5, 0.6) is 0 Å². The number of carbonyl (C=O) groups is 2. The third-order valence-corrected chi connectivity index (χ3v) is 4.33. The van der Waals surface area contributed by atoms with Crippen molar-refractivity contribution in [2.75, 3.05) is 0 Å². The van der Waals surface area contributed by atoms with Crippen LogP contribution in [0.4, 0.5) is 0 Å². The number of pyridine rings is 1. The summed E-state index contributed by atoms with van der Waals surface area (Å²) in [7, 11) is 0. The lowest BCUT2D eigenvalue weighted by Crippen LogP contribution is -2.26. The monoisotopic (exact) mass is 409 g/mol. The number of nitrogens with zero attached hydrogens (tertiary/aromatic N) is 1. The van der Waals surface area contributed by atoms with Gasteiger partial charge in [-0.15, -0.1) is 12.4 Å². The van der Waals surface area contributed by atoms with Crippen LogP contribution in [-0.2, 0) is 13.1 Å². The number of rotatable bonds is 6. The first-order valence-corrected chi connectivity index (χ1v) is 9.15. The zero-order chi connectivity index (χ0) is 19.9. The van der Waals surface area contributed by atoms with Gasteiger partial charge >= 0.3 is 0 Å². The molecular formula is C23H24ClN3O2. The molecule has 0 fully saturated rings. The summed E-state index contributed by atoms with van der Waals surface area (Å²) in [5, 5.41) is 5.71. The van der Waals surface area contributed by atoms with Crippen molar-refractivity contribution >= 4 is 24.2 Å². The lowest BCUT2D eigenvalue weighted by Gasteiger charge is -2.08. The van der Waals surface area contributed by atoms with Gasteiger partial charge in [-0.1, -0.05) is 59.7 Å². The quantitative estimate of drug-likeness (QED) is 0.646. The maximum Gasteiger partial charge on any atom is 0.270 e. The van der Waals surface area contributed by atoms with Crippen molar-refractivity contribution in [1.82, 2.24) is 15.6 Å². The van der Waals surface area contributed by atoms with Gasteiger partial charge in [0.2, 0.25) is 0 Å². The van der Waals surface area contributed by atoms with Crippen molar-refractivity contribution in [3.8, 4) is 0 Å². The molecule has 1 aromatic heterocycles. The van der Waals surface area contributed by atoms with Crippen LogP contribution in [0.25, 0.3) is 0 Å². The molecule has 0 saturated carbocycles. The molecule has 0 aliphatic heterocycles. The fourth-order valence-corrected chi connectivity index (χ4v) is 2.90. The van der Waals surface area contributed by atoms with Gasteiger partial charge in [-0.2, -0.15) is 0 Å². The lowest BCUT2D eigenvalue weighted by molar-refractivity contribution is 0.0946. The number of aryl methyl sites for hydroxylation is 2. The first kappa shape index (κ1) is 22.1. The lowest BCUT2D eigenvalue weighted by atomic mass is 10.1. The minimum atomic E-state index is -0.310. The van der Waals surface area contributed by atoms with E-state index in [1.165, 1.54) is 12.3 Å². The SMILES string of the molecule is Cc1cccc(CNC(=O)c2ccnc(C(=O)NCc3cccc(C)c3)c2)c1.Cl. The number of nitrogens with one attached hydrogen (secondary N) is 2. The molecule has 0 radical (unpaired) electrons. The van der Waals surface area contributed by atoms with Crippen LogP contribution in [0.15, 0.2) is 66.9 Å². The van der Waals surface area contributed by atoms with Crippen LogP contribution in [0, 0.1) is 13.8 Å². The summed E-state index contributed by atoms with van der Waals surface area (Å²) >= 11 is 0. The molecule has 0 saturated heterocycles. The Bertz CT molecular complexity index is 928. The minimum absolute atomic E-state index is 0. The first-order valence-electron chi connectivity index (χ1n) is 9.15. The molecule has 29 heavy (non-hydrogen) atoms. The van der Waals surface area contributed by atoms with E-state index in [1.807, 2.05) is 62.4 Å². The normalized spacial score (nSPS) is 10.0. The Labute approximate surface area is 177 Å².